The Bertz CT molecular complexity index is 283. The van der Waals surface area contributed by atoms with Gasteiger partial charge in [0.2, 0.25) is 0 Å². The molecule has 1 aliphatic rings. The zero-order chi connectivity index (χ0) is 13.8. The Balaban J connectivity index is 2.69. The Morgan fingerprint density at radius 1 is 1.50 bits per heavy atom. The molecule has 0 saturated carbocycles. The first-order chi connectivity index (χ1) is 8.42. The molecule has 0 amide bonds. The van der Waals surface area contributed by atoms with Crippen molar-refractivity contribution in [1.82, 2.24) is 10.2 Å². The van der Waals surface area contributed by atoms with Crippen molar-refractivity contribution in [3.63, 3.8) is 0 Å². The Morgan fingerprint density at radius 2 is 2.17 bits per heavy atom. The van der Waals surface area contributed by atoms with Crippen molar-refractivity contribution < 1.29 is 9.53 Å². The first-order valence-corrected chi connectivity index (χ1v) is 7.00. The third-order valence-electron chi connectivity index (χ3n) is 3.83. The second-order valence-electron chi connectivity index (χ2n) is 5.87. The Kier molecular flexibility index (Phi) is 5.60. The van der Waals surface area contributed by atoms with Crippen LogP contribution in [0.25, 0.3) is 0 Å². The van der Waals surface area contributed by atoms with Gasteiger partial charge in [-0.2, -0.15) is 0 Å². The van der Waals surface area contributed by atoms with Crippen LogP contribution in [0.15, 0.2) is 0 Å². The van der Waals surface area contributed by atoms with Crippen molar-refractivity contribution >= 4 is 5.97 Å². The average molecular weight is 256 g/mol. The van der Waals surface area contributed by atoms with Gasteiger partial charge in [-0.1, -0.05) is 13.8 Å². The van der Waals surface area contributed by atoms with E-state index in [1.807, 2.05) is 6.92 Å². The van der Waals surface area contributed by atoms with Gasteiger partial charge in [0, 0.05) is 19.1 Å². The summed E-state index contributed by atoms with van der Waals surface area (Å²) in [5.41, 5.74) is -0.594. The minimum absolute atomic E-state index is 0.164. The van der Waals surface area contributed by atoms with Gasteiger partial charge in [0.15, 0.2) is 0 Å². The molecule has 0 spiro atoms. The van der Waals surface area contributed by atoms with Crippen LogP contribution in [0, 0.1) is 5.92 Å². The molecule has 1 heterocycles. The van der Waals surface area contributed by atoms with Crippen molar-refractivity contribution in [2.24, 2.45) is 5.92 Å². The van der Waals surface area contributed by atoms with Crippen molar-refractivity contribution in [2.75, 3.05) is 26.7 Å². The number of methoxy groups -OCH3 is 1. The molecule has 0 radical (unpaired) electrons. The maximum absolute atomic E-state index is 12.0. The molecule has 3 atom stereocenters. The number of likely N-dealkylation sites (tertiary alicyclic amines) is 1. The lowest BCUT2D eigenvalue weighted by Gasteiger charge is -2.34. The second-order valence-corrected chi connectivity index (χ2v) is 5.87. The molecule has 1 saturated heterocycles. The van der Waals surface area contributed by atoms with Crippen LogP contribution in [0.4, 0.5) is 0 Å². The normalized spacial score (nSPS) is 28.1. The van der Waals surface area contributed by atoms with E-state index in [0.717, 1.165) is 26.1 Å². The van der Waals surface area contributed by atoms with Crippen LogP contribution >= 0.6 is 0 Å². The zero-order valence-electron chi connectivity index (χ0n) is 12.5. The van der Waals surface area contributed by atoms with Crippen molar-refractivity contribution in [2.45, 2.75) is 52.1 Å². The molecule has 106 valence electrons. The number of carbonyl (C=O) groups excluding carboxylic acids is 1. The number of hydrogen-bond acceptors (Lipinski definition) is 4. The van der Waals surface area contributed by atoms with E-state index in [2.05, 4.69) is 31.0 Å². The van der Waals surface area contributed by atoms with Gasteiger partial charge in [0.25, 0.3) is 0 Å². The smallest absolute Gasteiger partial charge is 0.327 e. The van der Waals surface area contributed by atoms with Gasteiger partial charge >= 0.3 is 5.97 Å². The summed E-state index contributed by atoms with van der Waals surface area (Å²) in [6.07, 6.45) is 2.23. The first-order valence-electron chi connectivity index (χ1n) is 7.00. The van der Waals surface area contributed by atoms with E-state index in [1.54, 1.807) is 0 Å². The SMILES string of the molecule is CCCNC(C)(CN1CC(C)CC1C)C(=O)OC. The first kappa shape index (κ1) is 15.4. The summed E-state index contributed by atoms with van der Waals surface area (Å²) in [4.78, 5) is 14.4. The summed E-state index contributed by atoms with van der Waals surface area (Å²) >= 11 is 0. The summed E-state index contributed by atoms with van der Waals surface area (Å²) in [6.45, 7) is 11.2. The minimum atomic E-state index is -0.594. The maximum Gasteiger partial charge on any atom is 0.327 e. The van der Waals surface area contributed by atoms with Crippen molar-refractivity contribution in [3.05, 3.63) is 0 Å². The molecule has 1 N–H and O–H groups in total. The molecular weight excluding hydrogens is 228 g/mol. The Morgan fingerprint density at radius 3 is 2.61 bits per heavy atom. The molecule has 18 heavy (non-hydrogen) atoms. The lowest BCUT2D eigenvalue weighted by molar-refractivity contribution is -0.148. The number of hydrogen-bond donors (Lipinski definition) is 1. The van der Waals surface area contributed by atoms with E-state index in [-0.39, 0.29) is 5.97 Å². The van der Waals surface area contributed by atoms with Crippen LogP contribution < -0.4 is 5.32 Å². The standard InChI is InChI=1S/C14H28N2O2/c1-6-7-15-14(4,13(17)18-5)10-16-9-11(2)8-12(16)3/h11-12,15H,6-10H2,1-5H3. The Labute approximate surface area is 111 Å². The van der Waals surface area contributed by atoms with Gasteiger partial charge in [-0.25, -0.2) is 0 Å². The van der Waals surface area contributed by atoms with E-state index < -0.39 is 5.54 Å². The molecule has 1 aliphatic heterocycles. The van der Waals surface area contributed by atoms with Crippen LogP contribution in [-0.2, 0) is 9.53 Å². The predicted octanol–water partition coefficient (Wildman–Crippen LogP) is 1.65. The molecular formula is C14H28N2O2. The van der Waals surface area contributed by atoms with Gasteiger partial charge in [0.05, 0.1) is 7.11 Å². The number of rotatable bonds is 6. The van der Waals surface area contributed by atoms with Crippen LogP contribution in [0.3, 0.4) is 0 Å². The molecule has 1 rings (SSSR count). The van der Waals surface area contributed by atoms with Crippen molar-refractivity contribution in [1.29, 1.82) is 0 Å². The van der Waals surface area contributed by atoms with Gasteiger partial charge in [-0.3, -0.25) is 9.69 Å². The number of nitrogens with one attached hydrogen (secondary N) is 1. The third-order valence-corrected chi connectivity index (χ3v) is 3.83. The van der Waals surface area contributed by atoms with Crippen molar-refractivity contribution in [3.8, 4) is 0 Å². The molecule has 0 aliphatic carbocycles. The summed E-state index contributed by atoms with van der Waals surface area (Å²) in [5.74, 6) is 0.552. The van der Waals surface area contributed by atoms with Gasteiger partial charge in [0.1, 0.15) is 5.54 Å². The number of nitrogens with zero attached hydrogens (tertiary/aromatic N) is 1. The molecule has 1 fully saturated rings. The molecule has 3 unspecified atom stereocenters. The highest BCUT2D eigenvalue weighted by Gasteiger charge is 2.39. The fourth-order valence-corrected chi connectivity index (χ4v) is 2.83. The quantitative estimate of drug-likeness (QED) is 0.734. The molecule has 0 aromatic heterocycles. The van der Waals surface area contributed by atoms with Crippen LogP contribution in [0.5, 0.6) is 0 Å². The van der Waals surface area contributed by atoms with Gasteiger partial charge < -0.3 is 10.1 Å². The van der Waals surface area contributed by atoms with Gasteiger partial charge in [-0.15, -0.1) is 0 Å². The summed E-state index contributed by atoms with van der Waals surface area (Å²) in [7, 11) is 1.46. The second kappa shape index (κ2) is 6.53. The predicted molar refractivity (Wildman–Crippen MR) is 73.5 cm³/mol. The monoisotopic (exact) mass is 256 g/mol. The number of ether oxygens (including phenoxy) is 1. The fourth-order valence-electron chi connectivity index (χ4n) is 2.83. The highest BCUT2D eigenvalue weighted by molar-refractivity contribution is 5.80. The largest absolute Gasteiger partial charge is 0.468 e. The number of carbonyl (C=O) groups is 1. The molecule has 0 aromatic carbocycles. The summed E-state index contributed by atoms with van der Waals surface area (Å²) in [5, 5.41) is 3.34. The van der Waals surface area contributed by atoms with E-state index >= 15 is 0 Å². The third kappa shape index (κ3) is 3.69. The molecule has 0 aromatic rings. The lowest BCUT2D eigenvalue weighted by Crippen LogP contribution is -2.58. The highest BCUT2D eigenvalue weighted by atomic mass is 16.5. The van der Waals surface area contributed by atoms with Crippen LogP contribution in [-0.4, -0.2) is 49.2 Å². The fraction of sp³-hybridized carbons (Fsp3) is 0.929. The van der Waals surface area contributed by atoms with Crippen LogP contribution in [0.1, 0.15) is 40.5 Å². The van der Waals surface area contributed by atoms with E-state index in [9.17, 15) is 4.79 Å². The van der Waals surface area contributed by atoms with E-state index in [1.165, 1.54) is 13.5 Å². The van der Waals surface area contributed by atoms with E-state index in [0.29, 0.717) is 12.0 Å². The van der Waals surface area contributed by atoms with E-state index in [4.69, 9.17) is 4.74 Å². The molecule has 4 nitrogen and oxygen atoms in total. The zero-order valence-corrected chi connectivity index (χ0v) is 12.5. The summed E-state index contributed by atoms with van der Waals surface area (Å²) in [6, 6.07) is 0.549. The summed E-state index contributed by atoms with van der Waals surface area (Å²) < 4.78 is 4.96. The number of esters is 1. The lowest BCUT2D eigenvalue weighted by atomic mass is 10.0. The minimum Gasteiger partial charge on any atom is -0.468 e. The van der Waals surface area contributed by atoms with Crippen LogP contribution in [0.2, 0.25) is 0 Å². The van der Waals surface area contributed by atoms with Gasteiger partial charge in [-0.05, 0) is 39.2 Å². The topological polar surface area (TPSA) is 41.6 Å². The average Bonchev–Trinajstić information content (AvgIpc) is 2.64. The Hall–Kier alpha value is -0.610. The molecule has 0 bridgehead atoms. The molecule has 4 heteroatoms. The maximum atomic E-state index is 12.0. The highest BCUT2D eigenvalue weighted by Crippen LogP contribution is 2.24.